The Hall–Kier alpha value is -3.72. The summed E-state index contributed by atoms with van der Waals surface area (Å²) in [6.45, 7) is -0.316. The number of aromatic hydroxyl groups is 1. The van der Waals surface area contributed by atoms with Crippen LogP contribution >= 0.6 is 23.5 Å². The first-order chi connectivity index (χ1) is 17.2. The summed E-state index contributed by atoms with van der Waals surface area (Å²) in [7, 11) is 2.94. The van der Waals surface area contributed by atoms with E-state index in [4.69, 9.17) is 9.47 Å². The minimum Gasteiger partial charge on any atom is -0.497 e. The van der Waals surface area contributed by atoms with Crippen molar-refractivity contribution < 1.29 is 34.1 Å². The van der Waals surface area contributed by atoms with Gasteiger partial charge >= 0.3 is 11.5 Å². The largest absolute Gasteiger partial charge is 0.497 e. The van der Waals surface area contributed by atoms with Crippen molar-refractivity contribution >= 4 is 41.3 Å². The van der Waals surface area contributed by atoms with Gasteiger partial charge in [0.15, 0.2) is 11.8 Å². The molecule has 1 fully saturated rings. The summed E-state index contributed by atoms with van der Waals surface area (Å²) in [5.41, 5.74) is -0.435. The molecule has 0 bridgehead atoms. The molecule has 3 heterocycles. The van der Waals surface area contributed by atoms with Crippen LogP contribution in [-0.4, -0.2) is 84.3 Å². The topological polar surface area (TPSA) is 173 Å². The van der Waals surface area contributed by atoms with Crippen molar-refractivity contribution in [2.75, 3.05) is 25.2 Å². The van der Waals surface area contributed by atoms with Crippen LogP contribution in [0.25, 0.3) is 0 Å². The van der Waals surface area contributed by atoms with Gasteiger partial charge in [-0.1, -0.05) is 11.8 Å². The van der Waals surface area contributed by atoms with E-state index in [-0.39, 0.29) is 29.0 Å². The second-order valence-corrected chi connectivity index (χ2v) is 9.68. The number of hydrogen-bond acceptors (Lipinski definition) is 11. The zero-order valence-electron chi connectivity index (χ0n) is 19.0. The lowest BCUT2D eigenvalue weighted by atomic mass is 10.0. The maximum absolute atomic E-state index is 12.8. The first-order valence-corrected chi connectivity index (χ1v) is 12.5. The Morgan fingerprint density at radius 3 is 2.58 bits per heavy atom. The number of fused-ring (bicyclic) bond motifs is 1. The molecule has 190 valence electrons. The summed E-state index contributed by atoms with van der Waals surface area (Å²) in [6.07, 6.45) is 0. The van der Waals surface area contributed by atoms with E-state index in [9.17, 15) is 29.4 Å². The van der Waals surface area contributed by atoms with Crippen LogP contribution in [0.4, 0.5) is 0 Å². The maximum atomic E-state index is 12.8. The van der Waals surface area contributed by atoms with Crippen molar-refractivity contribution in [2.24, 2.45) is 7.05 Å². The van der Waals surface area contributed by atoms with E-state index in [0.29, 0.717) is 17.1 Å². The average molecular weight is 536 g/mol. The minimum atomic E-state index is -1.28. The Morgan fingerprint density at radius 1 is 1.22 bits per heavy atom. The zero-order valence-corrected chi connectivity index (χ0v) is 20.7. The number of nitrogens with zero attached hydrogens (tertiary/aromatic N) is 4. The monoisotopic (exact) mass is 535 g/mol. The highest BCUT2D eigenvalue weighted by molar-refractivity contribution is 8.01. The Balaban J connectivity index is 1.39. The second kappa shape index (κ2) is 10.5. The van der Waals surface area contributed by atoms with E-state index in [1.807, 2.05) is 0 Å². The van der Waals surface area contributed by atoms with Gasteiger partial charge in [-0.15, -0.1) is 22.0 Å². The molecule has 1 unspecified atom stereocenters. The van der Waals surface area contributed by atoms with Crippen molar-refractivity contribution in [3.8, 4) is 17.4 Å². The fraction of sp³-hybridized carbons (Fsp3) is 0.333. The molecule has 2 aliphatic heterocycles. The number of carboxylic acids is 1. The van der Waals surface area contributed by atoms with Gasteiger partial charge in [-0.05, 0) is 29.8 Å². The van der Waals surface area contributed by atoms with Crippen molar-refractivity contribution in [2.45, 2.75) is 16.6 Å². The molecule has 0 radical (unpaired) electrons. The number of aliphatic carboxylic acids is 1. The SMILES string of the molecule is COc1ccc(OCC(=O)NC2C(=O)N3C(C(=O)O)=C(CSc4nnc(O)c(=O)n4C)CS[C@@H]23)cc1. The molecular formula is C21H21N5O8S2. The van der Waals surface area contributed by atoms with Gasteiger partial charge < -0.3 is 25.0 Å². The van der Waals surface area contributed by atoms with Crippen LogP contribution in [0, 0.1) is 0 Å². The van der Waals surface area contributed by atoms with Gasteiger partial charge in [0.25, 0.3) is 17.7 Å². The Kier molecular flexibility index (Phi) is 7.40. The normalized spacial score (nSPS) is 18.8. The van der Waals surface area contributed by atoms with Gasteiger partial charge in [0, 0.05) is 18.6 Å². The van der Waals surface area contributed by atoms with Crippen LogP contribution in [0.15, 0.2) is 45.5 Å². The molecule has 13 nitrogen and oxygen atoms in total. The van der Waals surface area contributed by atoms with Crippen molar-refractivity contribution in [1.82, 2.24) is 25.0 Å². The standard InChI is InChI=1S/C21H21N5O8S2/c1-25-18(30)16(28)23-24-21(25)36-9-10-8-35-19-14(17(29)26(19)15(10)20(31)32)22-13(27)7-34-12-5-3-11(33-2)4-6-12/h3-6,14,19H,7-9H2,1-2H3,(H,22,27)(H,23,28)(H,31,32)/t14?,19-/m0/s1. The molecule has 2 atom stereocenters. The smallest absolute Gasteiger partial charge is 0.352 e. The van der Waals surface area contributed by atoms with E-state index in [0.717, 1.165) is 21.2 Å². The third kappa shape index (κ3) is 4.97. The number of methoxy groups -OCH3 is 1. The minimum absolute atomic E-state index is 0.130. The Labute approximate surface area is 212 Å². The summed E-state index contributed by atoms with van der Waals surface area (Å²) in [5, 5.41) is 28.5. The maximum Gasteiger partial charge on any atom is 0.352 e. The molecule has 0 saturated carbocycles. The number of aromatic nitrogens is 3. The molecule has 1 aromatic heterocycles. The number of carbonyl (C=O) groups is 3. The van der Waals surface area contributed by atoms with Gasteiger partial charge in [-0.25, -0.2) is 4.79 Å². The molecule has 1 aromatic carbocycles. The molecule has 15 heteroatoms. The van der Waals surface area contributed by atoms with Gasteiger partial charge in [-0.3, -0.25) is 23.9 Å². The molecule has 2 aliphatic rings. The summed E-state index contributed by atoms with van der Waals surface area (Å²) in [6, 6.07) is 5.77. The van der Waals surface area contributed by atoms with Crippen LogP contribution < -0.4 is 20.3 Å². The number of carbonyl (C=O) groups excluding carboxylic acids is 2. The van der Waals surface area contributed by atoms with E-state index in [2.05, 4.69) is 15.5 Å². The molecule has 2 amide bonds. The number of hydrogen-bond donors (Lipinski definition) is 3. The number of ether oxygens (including phenoxy) is 2. The molecule has 4 rings (SSSR count). The lowest BCUT2D eigenvalue weighted by Crippen LogP contribution is -2.70. The number of amides is 2. The van der Waals surface area contributed by atoms with Gasteiger partial charge in [0.1, 0.15) is 28.6 Å². The first kappa shape index (κ1) is 25.4. The fourth-order valence-electron chi connectivity index (χ4n) is 3.54. The molecule has 0 aliphatic carbocycles. The summed E-state index contributed by atoms with van der Waals surface area (Å²) >= 11 is 2.37. The molecule has 0 spiro atoms. The van der Waals surface area contributed by atoms with Gasteiger partial charge in [0.05, 0.1) is 7.11 Å². The Morgan fingerprint density at radius 2 is 1.92 bits per heavy atom. The number of rotatable bonds is 9. The highest BCUT2D eigenvalue weighted by Crippen LogP contribution is 2.41. The molecule has 36 heavy (non-hydrogen) atoms. The lowest BCUT2D eigenvalue weighted by Gasteiger charge is -2.49. The third-order valence-electron chi connectivity index (χ3n) is 5.38. The van der Waals surface area contributed by atoms with Crippen molar-refractivity contribution in [3.63, 3.8) is 0 Å². The Bertz CT molecular complexity index is 1300. The van der Waals surface area contributed by atoms with E-state index in [1.54, 1.807) is 24.3 Å². The average Bonchev–Trinajstić information content (AvgIpc) is 2.88. The van der Waals surface area contributed by atoms with Crippen molar-refractivity contribution in [1.29, 1.82) is 0 Å². The first-order valence-electron chi connectivity index (χ1n) is 10.4. The highest BCUT2D eigenvalue weighted by atomic mass is 32.2. The predicted octanol–water partition coefficient (Wildman–Crippen LogP) is -0.201. The molecule has 1 saturated heterocycles. The van der Waals surface area contributed by atoms with E-state index >= 15 is 0 Å². The number of carboxylic acid groups (broad SMARTS) is 1. The summed E-state index contributed by atoms with van der Waals surface area (Å²) < 4.78 is 11.6. The highest BCUT2D eigenvalue weighted by Gasteiger charge is 2.54. The number of benzene rings is 1. The van der Waals surface area contributed by atoms with Crippen LogP contribution in [0.1, 0.15) is 0 Å². The quantitative estimate of drug-likeness (QED) is 0.285. The van der Waals surface area contributed by atoms with E-state index in [1.165, 1.54) is 25.9 Å². The van der Waals surface area contributed by atoms with Gasteiger partial charge in [0.2, 0.25) is 0 Å². The third-order valence-corrected chi connectivity index (χ3v) is 7.83. The van der Waals surface area contributed by atoms with Crippen LogP contribution in [0.2, 0.25) is 0 Å². The molecule has 2 aromatic rings. The number of nitrogens with one attached hydrogen (secondary N) is 1. The lowest BCUT2D eigenvalue weighted by molar-refractivity contribution is -0.150. The second-order valence-electron chi connectivity index (χ2n) is 7.64. The zero-order chi connectivity index (χ0) is 26.0. The number of β-lactam (4-membered cyclic amide) rings is 1. The van der Waals surface area contributed by atoms with Gasteiger partial charge in [-0.2, -0.15) is 0 Å². The fourth-order valence-corrected chi connectivity index (χ4v) is 5.94. The molecule has 3 N–H and O–H groups in total. The summed E-state index contributed by atoms with van der Waals surface area (Å²) in [4.78, 5) is 50.1. The van der Waals surface area contributed by atoms with Crippen molar-refractivity contribution in [3.05, 3.63) is 45.9 Å². The van der Waals surface area contributed by atoms with Crippen LogP contribution in [0.5, 0.6) is 17.4 Å². The predicted molar refractivity (Wildman–Crippen MR) is 128 cm³/mol. The van der Waals surface area contributed by atoms with Crippen LogP contribution in [-0.2, 0) is 21.4 Å². The van der Waals surface area contributed by atoms with E-state index < -0.39 is 40.6 Å². The van der Waals surface area contributed by atoms with Crippen LogP contribution in [0.3, 0.4) is 0 Å². The number of thioether (sulfide) groups is 2. The molecular weight excluding hydrogens is 514 g/mol. The summed E-state index contributed by atoms with van der Waals surface area (Å²) in [5.74, 6) is -1.56.